The van der Waals surface area contributed by atoms with Crippen molar-refractivity contribution < 1.29 is 9.59 Å². The summed E-state index contributed by atoms with van der Waals surface area (Å²) in [5, 5.41) is 27.4. The maximum Gasteiger partial charge on any atom is 0.262 e. The van der Waals surface area contributed by atoms with E-state index < -0.39 is 17.4 Å². The Bertz CT molecular complexity index is 919. The molecule has 0 bridgehead atoms. The van der Waals surface area contributed by atoms with Gasteiger partial charge in [-0.1, -0.05) is 18.2 Å². The van der Waals surface area contributed by atoms with E-state index in [9.17, 15) is 14.9 Å². The second kappa shape index (κ2) is 6.48. The Balaban J connectivity index is 2.92. The molecule has 7 nitrogen and oxygen atoms in total. The maximum absolute atomic E-state index is 12.7. The van der Waals surface area contributed by atoms with Gasteiger partial charge in [-0.3, -0.25) is 14.5 Å². The number of hydrogen-bond donors (Lipinski definition) is 1. The quantitative estimate of drug-likeness (QED) is 0.495. The minimum Gasteiger partial charge on any atom is -0.396 e. The lowest BCUT2D eigenvalue weighted by molar-refractivity contribution is -0.122. The first-order chi connectivity index (χ1) is 11.5. The molecular formula is C17H11N5O2. The van der Waals surface area contributed by atoms with Crippen LogP contribution in [-0.2, 0) is 4.79 Å². The van der Waals surface area contributed by atoms with Gasteiger partial charge in [-0.2, -0.15) is 15.8 Å². The van der Waals surface area contributed by atoms with Gasteiger partial charge in [-0.25, -0.2) is 0 Å². The minimum absolute atomic E-state index is 0.0879. The molecule has 7 heteroatoms. The number of likely N-dealkylation sites (N-methyl/N-ethyl adjacent to an activating group) is 1. The number of allylic oxidation sites excluding steroid dienone is 2. The van der Waals surface area contributed by atoms with Gasteiger partial charge in [0, 0.05) is 17.7 Å². The highest BCUT2D eigenvalue weighted by Gasteiger charge is 2.36. The average Bonchev–Trinajstić information content (AvgIpc) is 2.60. The van der Waals surface area contributed by atoms with E-state index in [-0.39, 0.29) is 34.5 Å². The summed E-state index contributed by atoms with van der Waals surface area (Å²) in [5.41, 5.74) is 5.04. The van der Waals surface area contributed by atoms with E-state index in [0.29, 0.717) is 0 Å². The van der Waals surface area contributed by atoms with Gasteiger partial charge in [-0.05, 0) is 13.0 Å². The van der Waals surface area contributed by atoms with Crippen molar-refractivity contribution in [2.24, 2.45) is 5.73 Å². The van der Waals surface area contributed by atoms with Gasteiger partial charge in [-0.15, -0.1) is 0 Å². The lowest BCUT2D eigenvalue weighted by Crippen LogP contribution is -2.42. The van der Waals surface area contributed by atoms with E-state index in [0.717, 1.165) is 4.90 Å². The van der Waals surface area contributed by atoms with Crippen molar-refractivity contribution in [1.82, 2.24) is 4.90 Å². The van der Waals surface area contributed by atoms with Gasteiger partial charge in [0.1, 0.15) is 18.2 Å². The van der Waals surface area contributed by atoms with Gasteiger partial charge < -0.3 is 5.73 Å². The van der Waals surface area contributed by atoms with Gasteiger partial charge in [0.2, 0.25) is 0 Å². The van der Waals surface area contributed by atoms with Gasteiger partial charge >= 0.3 is 0 Å². The van der Waals surface area contributed by atoms with Crippen LogP contribution >= 0.6 is 0 Å². The standard InChI is InChI=1S/C17H11N5O2/c1-2-22-16(23)12-6-4-3-5-11(12)14(17(22)24)13(9-20)15(21)10(7-18)8-19/h3-6H,2,21H2,1H3/b14-13-. The van der Waals surface area contributed by atoms with Crippen LogP contribution in [-0.4, -0.2) is 23.3 Å². The first kappa shape index (κ1) is 16.5. The summed E-state index contributed by atoms with van der Waals surface area (Å²) in [6.45, 7) is 1.74. The predicted octanol–water partition coefficient (Wildman–Crippen LogP) is 1.23. The lowest BCUT2D eigenvalue weighted by atomic mass is 9.88. The average molecular weight is 317 g/mol. The molecule has 116 valence electrons. The van der Waals surface area contributed by atoms with Gasteiger partial charge in [0.15, 0.2) is 5.57 Å². The molecule has 0 atom stereocenters. The highest BCUT2D eigenvalue weighted by molar-refractivity contribution is 6.32. The zero-order valence-electron chi connectivity index (χ0n) is 12.7. The van der Waals surface area contributed by atoms with Crippen LogP contribution in [0.2, 0.25) is 0 Å². The monoisotopic (exact) mass is 317 g/mol. The smallest absolute Gasteiger partial charge is 0.262 e. The number of nitrogens with two attached hydrogens (primary N) is 1. The molecule has 0 aromatic heterocycles. The fraction of sp³-hybridized carbons (Fsp3) is 0.118. The summed E-state index contributed by atoms with van der Waals surface area (Å²) < 4.78 is 0. The maximum atomic E-state index is 12.7. The third kappa shape index (κ3) is 2.39. The number of hydrogen-bond acceptors (Lipinski definition) is 6. The van der Waals surface area contributed by atoms with Crippen molar-refractivity contribution in [1.29, 1.82) is 15.8 Å². The first-order valence-electron chi connectivity index (χ1n) is 6.92. The Morgan fingerprint density at radius 1 is 1.04 bits per heavy atom. The first-order valence-corrected chi connectivity index (χ1v) is 6.92. The normalized spacial score (nSPS) is 14.8. The molecule has 0 spiro atoms. The molecule has 24 heavy (non-hydrogen) atoms. The molecule has 0 saturated heterocycles. The second-order valence-corrected chi connectivity index (χ2v) is 4.77. The fourth-order valence-electron chi connectivity index (χ4n) is 2.43. The summed E-state index contributed by atoms with van der Waals surface area (Å²) in [6, 6.07) is 11.3. The summed E-state index contributed by atoms with van der Waals surface area (Å²) >= 11 is 0. The summed E-state index contributed by atoms with van der Waals surface area (Å²) in [4.78, 5) is 26.1. The molecule has 1 heterocycles. The van der Waals surface area contributed by atoms with E-state index >= 15 is 0 Å². The molecule has 2 N–H and O–H groups in total. The third-order valence-electron chi connectivity index (χ3n) is 3.57. The molecule has 2 rings (SSSR count). The zero-order valence-corrected chi connectivity index (χ0v) is 12.7. The van der Waals surface area contributed by atoms with Gasteiger partial charge in [0.05, 0.1) is 16.8 Å². The van der Waals surface area contributed by atoms with Crippen LogP contribution in [0.15, 0.2) is 41.1 Å². The highest BCUT2D eigenvalue weighted by atomic mass is 16.2. The SMILES string of the molecule is CCN1C(=O)/C(=C(/C#N)C(N)=C(C#N)C#N)c2ccccc2C1=O. The zero-order chi connectivity index (χ0) is 17.9. The number of nitriles is 3. The molecule has 0 unspecified atom stereocenters. The van der Waals surface area contributed by atoms with E-state index in [1.54, 1.807) is 37.3 Å². The Morgan fingerprint density at radius 3 is 2.12 bits per heavy atom. The Labute approximate surface area is 138 Å². The van der Waals surface area contributed by atoms with Crippen LogP contribution in [0.3, 0.4) is 0 Å². The largest absolute Gasteiger partial charge is 0.396 e. The number of benzene rings is 1. The molecule has 1 aliphatic heterocycles. The molecule has 1 aromatic carbocycles. The molecule has 1 aromatic rings. The number of carbonyl (C=O) groups excluding carboxylic acids is 2. The van der Waals surface area contributed by atoms with E-state index in [1.807, 2.05) is 0 Å². The van der Waals surface area contributed by atoms with Crippen molar-refractivity contribution >= 4 is 17.4 Å². The van der Waals surface area contributed by atoms with Crippen molar-refractivity contribution in [3.63, 3.8) is 0 Å². The number of fused-ring (bicyclic) bond motifs is 1. The van der Waals surface area contributed by atoms with E-state index in [1.165, 1.54) is 12.1 Å². The Hall–Kier alpha value is -3.89. The minimum atomic E-state index is -0.684. The topological polar surface area (TPSA) is 135 Å². The number of nitrogens with zero attached hydrogens (tertiary/aromatic N) is 4. The van der Waals surface area contributed by atoms with Crippen LogP contribution in [0.25, 0.3) is 5.57 Å². The number of amides is 2. The van der Waals surface area contributed by atoms with E-state index in [4.69, 9.17) is 16.3 Å². The van der Waals surface area contributed by atoms with Crippen LogP contribution in [0.4, 0.5) is 0 Å². The lowest BCUT2D eigenvalue weighted by Gasteiger charge is -2.28. The number of carbonyl (C=O) groups is 2. The fourth-order valence-corrected chi connectivity index (χ4v) is 2.43. The molecular weight excluding hydrogens is 306 g/mol. The summed E-state index contributed by atoms with van der Waals surface area (Å²) in [5.74, 6) is -1.15. The molecule has 0 aliphatic carbocycles. The van der Waals surface area contributed by atoms with Crippen molar-refractivity contribution in [2.45, 2.75) is 6.92 Å². The molecule has 2 amide bonds. The number of imide groups is 1. The van der Waals surface area contributed by atoms with Gasteiger partial charge in [0.25, 0.3) is 11.8 Å². The van der Waals surface area contributed by atoms with Crippen LogP contribution in [0, 0.1) is 34.0 Å². The second-order valence-electron chi connectivity index (χ2n) is 4.77. The Morgan fingerprint density at radius 2 is 1.62 bits per heavy atom. The summed E-state index contributed by atoms with van der Waals surface area (Å²) in [6.07, 6.45) is 0. The van der Waals surface area contributed by atoms with Crippen molar-refractivity contribution in [3.8, 4) is 18.2 Å². The summed E-state index contributed by atoms with van der Waals surface area (Å²) in [7, 11) is 0. The van der Waals surface area contributed by atoms with Crippen molar-refractivity contribution in [3.05, 3.63) is 52.2 Å². The molecule has 1 aliphatic rings. The van der Waals surface area contributed by atoms with E-state index in [2.05, 4.69) is 0 Å². The molecule has 0 saturated carbocycles. The third-order valence-corrected chi connectivity index (χ3v) is 3.57. The van der Waals surface area contributed by atoms with Crippen LogP contribution in [0.1, 0.15) is 22.8 Å². The van der Waals surface area contributed by atoms with Crippen LogP contribution in [0.5, 0.6) is 0 Å². The Kier molecular flexibility index (Phi) is 4.45. The molecule has 0 radical (unpaired) electrons. The molecule has 0 fully saturated rings. The van der Waals surface area contributed by atoms with Crippen molar-refractivity contribution in [2.75, 3.05) is 6.54 Å². The number of rotatable bonds is 2. The van der Waals surface area contributed by atoms with Crippen LogP contribution < -0.4 is 5.73 Å². The highest BCUT2D eigenvalue weighted by Crippen LogP contribution is 2.32. The predicted molar refractivity (Wildman–Crippen MR) is 83.1 cm³/mol.